The van der Waals surface area contributed by atoms with Crippen LogP contribution in [0.15, 0.2) is 5.38 Å². The van der Waals surface area contributed by atoms with E-state index in [1.807, 2.05) is 0 Å². The van der Waals surface area contributed by atoms with Crippen LogP contribution < -0.4 is 5.73 Å². The molecule has 0 aliphatic carbocycles. The van der Waals surface area contributed by atoms with E-state index in [1.54, 1.807) is 11.3 Å². The lowest BCUT2D eigenvalue weighted by molar-refractivity contribution is 0.543. The van der Waals surface area contributed by atoms with Crippen LogP contribution in [0.25, 0.3) is 0 Å². The van der Waals surface area contributed by atoms with Gasteiger partial charge in [0.15, 0.2) is 0 Å². The fraction of sp³-hybridized carbons (Fsp3) is 0.750. The zero-order valence-corrected chi connectivity index (χ0v) is 10.8. The van der Waals surface area contributed by atoms with Gasteiger partial charge < -0.3 is 5.73 Å². The number of rotatable bonds is 6. The molecule has 0 aliphatic rings. The van der Waals surface area contributed by atoms with Crippen molar-refractivity contribution in [2.45, 2.75) is 40.0 Å². The number of hydrogen-bond acceptors (Lipinski definition) is 3. The molecule has 3 heteroatoms. The monoisotopic (exact) mass is 226 g/mol. The van der Waals surface area contributed by atoms with Crippen molar-refractivity contribution in [1.29, 1.82) is 0 Å². The third-order valence-electron chi connectivity index (χ3n) is 2.47. The maximum atomic E-state index is 5.59. The van der Waals surface area contributed by atoms with Gasteiger partial charge in [0.05, 0.1) is 10.7 Å². The Bertz CT molecular complexity index is 281. The largest absolute Gasteiger partial charge is 0.330 e. The van der Waals surface area contributed by atoms with E-state index in [9.17, 15) is 0 Å². The van der Waals surface area contributed by atoms with E-state index in [2.05, 4.69) is 31.1 Å². The number of thiazole rings is 1. The highest BCUT2D eigenvalue weighted by Gasteiger charge is 2.06. The van der Waals surface area contributed by atoms with Crippen LogP contribution in [-0.2, 0) is 12.8 Å². The second kappa shape index (κ2) is 6.23. The van der Waals surface area contributed by atoms with E-state index < -0.39 is 0 Å². The fourth-order valence-electron chi connectivity index (χ4n) is 1.46. The predicted octanol–water partition coefficient (Wildman–Crippen LogP) is 2.87. The van der Waals surface area contributed by atoms with Crippen LogP contribution in [0, 0.1) is 11.8 Å². The Morgan fingerprint density at radius 3 is 2.73 bits per heavy atom. The fourth-order valence-corrected chi connectivity index (χ4v) is 2.29. The molecule has 86 valence electrons. The van der Waals surface area contributed by atoms with Crippen molar-refractivity contribution in [3.8, 4) is 0 Å². The maximum absolute atomic E-state index is 5.59. The highest BCUT2D eigenvalue weighted by atomic mass is 32.1. The summed E-state index contributed by atoms with van der Waals surface area (Å²) < 4.78 is 0. The average molecular weight is 226 g/mol. The molecule has 1 aromatic rings. The Balaban J connectivity index is 2.39. The molecule has 1 rings (SSSR count). The molecule has 0 radical (unpaired) electrons. The molecular weight excluding hydrogens is 204 g/mol. The standard InChI is InChI=1S/C12H22N2S/c1-9(2)6-11-8-15-12(14-11)5-4-10(3)7-13/h8-10H,4-7,13H2,1-3H3. The lowest BCUT2D eigenvalue weighted by atomic mass is 10.1. The van der Waals surface area contributed by atoms with Gasteiger partial charge in [-0.05, 0) is 37.6 Å². The van der Waals surface area contributed by atoms with Gasteiger partial charge in [-0.25, -0.2) is 4.98 Å². The van der Waals surface area contributed by atoms with E-state index >= 15 is 0 Å². The van der Waals surface area contributed by atoms with Crippen molar-refractivity contribution in [2.75, 3.05) is 6.54 Å². The summed E-state index contributed by atoms with van der Waals surface area (Å²) in [6, 6.07) is 0. The minimum atomic E-state index is 0.613. The molecule has 0 aliphatic heterocycles. The van der Waals surface area contributed by atoms with E-state index in [1.165, 1.54) is 10.7 Å². The molecule has 0 saturated heterocycles. The van der Waals surface area contributed by atoms with Crippen LogP contribution in [0.3, 0.4) is 0 Å². The molecule has 0 bridgehead atoms. The maximum Gasteiger partial charge on any atom is 0.0928 e. The first-order chi connectivity index (χ1) is 7.11. The first-order valence-electron chi connectivity index (χ1n) is 5.75. The minimum absolute atomic E-state index is 0.613. The van der Waals surface area contributed by atoms with Gasteiger partial charge in [-0.15, -0.1) is 11.3 Å². The Hall–Kier alpha value is -0.410. The highest BCUT2D eigenvalue weighted by molar-refractivity contribution is 7.09. The van der Waals surface area contributed by atoms with Crippen molar-refractivity contribution in [1.82, 2.24) is 4.98 Å². The Labute approximate surface area is 96.9 Å². The summed E-state index contributed by atoms with van der Waals surface area (Å²) in [6.07, 6.45) is 3.34. The third kappa shape index (κ3) is 4.76. The predicted molar refractivity (Wildman–Crippen MR) is 67.2 cm³/mol. The van der Waals surface area contributed by atoms with Crippen LogP contribution in [0.4, 0.5) is 0 Å². The number of nitrogens with zero attached hydrogens (tertiary/aromatic N) is 1. The summed E-state index contributed by atoms with van der Waals surface area (Å²) in [7, 11) is 0. The van der Waals surface area contributed by atoms with Crippen LogP contribution in [0.2, 0.25) is 0 Å². The van der Waals surface area contributed by atoms with E-state index in [4.69, 9.17) is 5.73 Å². The summed E-state index contributed by atoms with van der Waals surface area (Å²) in [6.45, 7) is 7.44. The second-order valence-corrected chi connectivity index (χ2v) is 5.65. The van der Waals surface area contributed by atoms with Gasteiger partial charge >= 0.3 is 0 Å². The SMILES string of the molecule is CC(C)Cc1csc(CCC(C)CN)n1. The van der Waals surface area contributed by atoms with Crippen LogP contribution in [-0.4, -0.2) is 11.5 Å². The molecular formula is C12H22N2S. The number of hydrogen-bond donors (Lipinski definition) is 1. The molecule has 0 fully saturated rings. The molecule has 15 heavy (non-hydrogen) atoms. The van der Waals surface area contributed by atoms with Crippen molar-refractivity contribution in [3.05, 3.63) is 16.1 Å². The van der Waals surface area contributed by atoms with Gasteiger partial charge in [0.2, 0.25) is 0 Å². The second-order valence-electron chi connectivity index (χ2n) is 4.71. The van der Waals surface area contributed by atoms with Crippen LogP contribution in [0.5, 0.6) is 0 Å². The minimum Gasteiger partial charge on any atom is -0.330 e. The van der Waals surface area contributed by atoms with Gasteiger partial charge in [-0.1, -0.05) is 20.8 Å². The van der Waals surface area contributed by atoms with Crippen LogP contribution in [0.1, 0.15) is 37.9 Å². The van der Waals surface area contributed by atoms with Gasteiger partial charge in [-0.3, -0.25) is 0 Å². The average Bonchev–Trinajstić information content (AvgIpc) is 2.61. The molecule has 1 atom stereocenters. The van der Waals surface area contributed by atoms with Gasteiger partial charge in [-0.2, -0.15) is 0 Å². The number of nitrogens with two attached hydrogens (primary N) is 1. The molecule has 0 saturated carbocycles. The van der Waals surface area contributed by atoms with Gasteiger partial charge in [0.1, 0.15) is 0 Å². The zero-order chi connectivity index (χ0) is 11.3. The van der Waals surface area contributed by atoms with Gasteiger partial charge in [0, 0.05) is 5.38 Å². The molecule has 0 amide bonds. The van der Waals surface area contributed by atoms with Gasteiger partial charge in [0.25, 0.3) is 0 Å². The number of aromatic nitrogens is 1. The van der Waals surface area contributed by atoms with Crippen molar-refractivity contribution < 1.29 is 0 Å². The summed E-state index contributed by atoms with van der Waals surface area (Å²) in [5.41, 5.74) is 6.85. The summed E-state index contributed by atoms with van der Waals surface area (Å²) in [5, 5.41) is 3.47. The van der Waals surface area contributed by atoms with Crippen LogP contribution >= 0.6 is 11.3 Å². The van der Waals surface area contributed by atoms with E-state index in [0.717, 1.165) is 25.8 Å². The van der Waals surface area contributed by atoms with Crippen molar-refractivity contribution in [2.24, 2.45) is 17.6 Å². The molecule has 2 N–H and O–H groups in total. The molecule has 2 nitrogen and oxygen atoms in total. The summed E-state index contributed by atoms with van der Waals surface area (Å²) in [5.74, 6) is 1.31. The van der Waals surface area contributed by atoms with Crippen molar-refractivity contribution >= 4 is 11.3 Å². The first kappa shape index (κ1) is 12.7. The molecule has 1 heterocycles. The molecule has 1 aromatic heterocycles. The highest BCUT2D eigenvalue weighted by Crippen LogP contribution is 2.16. The van der Waals surface area contributed by atoms with E-state index in [0.29, 0.717) is 11.8 Å². The summed E-state index contributed by atoms with van der Waals surface area (Å²) >= 11 is 1.79. The normalized spacial score (nSPS) is 13.4. The third-order valence-corrected chi connectivity index (χ3v) is 3.43. The summed E-state index contributed by atoms with van der Waals surface area (Å²) in [4.78, 5) is 4.63. The lowest BCUT2D eigenvalue weighted by Crippen LogP contribution is -2.11. The zero-order valence-electron chi connectivity index (χ0n) is 9.99. The van der Waals surface area contributed by atoms with E-state index in [-0.39, 0.29) is 0 Å². The first-order valence-corrected chi connectivity index (χ1v) is 6.63. The molecule has 0 aromatic carbocycles. The smallest absolute Gasteiger partial charge is 0.0928 e. The van der Waals surface area contributed by atoms with Crippen molar-refractivity contribution in [3.63, 3.8) is 0 Å². The number of aryl methyl sites for hydroxylation is 1. The molecule has 0 spiro atoms. The lowest BCUT2D eigenvalue weighted by Gasteiger charge is -2.05. The Morgan fingerprint density at radius 1 is 1.40 bits per heavy atom. The Kier molecular flexibility index (Phi) is 5.26. The quantitative estimate of drug-likeness (QED) is 0.810. The topological polar surface area (TPSA) is 38.9 Å². The Morgan fingerprint density at radius 2 is 2.13 bits per heavy atom. The molecule has 1 unspecified atom stereocenters.